The van der Waals surface area contributed by atoms with Gasteiger partial charge in [0.1, 0.15) is 5.69 Å². The third kappa shape index (κ3) is 2.65. The predicted molar refractivity (Wildman–Crippen MR) is 48.4 cm³/mol. The summed E-state index contributed by atoms with van der Waals surface area (Å²) in [4.78, 5) is 14.7. The van der Waals surface area contributed by atoms with Crippen LogP contribution in [0.2, 0.25) is 0 Å². The summed E-state index contributed by atoms with van der Waals surface area (Å²) in [6.45, 7) is 4.86. The van der Waals surface area contributed by atoms with Crippen molar-refractivity contribution in [3.63, 3.8) is 0 Å². The van der Waals surface area contributed by atoms with Crippen LogP contribution in [0.15, 0.2) is 30.5 Å². The molecule has 1 rings (SSSR count). The molecule has 0 saturated carbocycles. The lowest BCUT2D eigenvalue weighted by Gasteiger charge is -2.06. The quantitative estimate of drug-likeness (QED) is 0.560. The maximum atomic E-state index is 12.1. The number of aromatic nitrogens is 1. The first-order chi connectivity index (χ1) is 6.82. The highest BCUT2D eigenvalue weighted by atomic mass is 19.4. The number of carbonyl (C=O) groups excluding carboxylic acids is 1. The first-order valence-corrected chi connectivity index (χ1v) is 4.06. The van der Waals surface area contributed by atoms with Crippen LogP contribution in [-0.2, 0) is 6.18 Å². The summed E-state index contributed by atoms with van der Waals surface area (Å²) in [6, 6.07) is 1.86. The van der Waals surface area contributed by atoms with E-state index in [-0.39, 0.29) is 11.3 Å². The summed E-state index contributed by atoms with van der Waals surface area (Å²) in [5, 5.41) is 0. The van der Waals surface area contributed by atoms with Gasteiger partial charge >= 0.3 is 6.18 Å². The van der Waals surface area contributed by atoms with Crippen LogP contribution in [0.3, 0.4) is 0 Å². The van der Waals surface area contributed by atoms with Gasteiger partial charge in [-0.1, -0.05) is 6.58 Å². The number of Topliss-reactive ketones (excluding diaryl/α,β-unsaturated/α-hetero) is 1. The van der Waals surface area contributed by atoms with Gasteiger partial charge in [0.05, 0.1) is 5.56 Å². The summed E-state index contributed by atoms with van der Waals surface area (Å²) in [7, 11) is 0. The molecule has 0 aromatic carbocycles. The number of rotatable bonds is 2. The van der Waals surface area contributed by atoms with Crippen molar-refractivity contribution in [1.29, 1.82) is 0 Å². The Bertz CT molecular complexity index is 392. The van der Waals surface area contributed by atoms with Crippen molar-refractivity contribution in [2.45, 2.75) is 13.1 Å². The maximum Gasteiger partial charge on any atom is 0.417 e. The van der Waals surface area contributed by atoms with Crippen LogP contribution in [0.25, 0.3) is 0 Å². The van der Waals surface area contributed by atoms with Crippen LogP contribution in [-0.4, -0.2) is 10.8 Å². The molecular formula is C10H8F3NO. The SMILES string of the molecule is C=C(C)C(=O)c1ccc(C(F)(F)F)cn1. The molecule has 0 unspecified atom stereocenters. The average molecular weight is 215 g/mol. The van der Waals surface area contributed by atoms with Crippen molar-refractivity contribution in [3.05, 3.63) is 41.7 Å². The Labute approximate surface area is 84.4 Å². The van der Waals surface area contributed by atoms with E-state index in [0.717, 1.165) is 12.1 Å². The third-order valence-electron chi connectivity index (χ3n) is 1.71. The van der Waals surface area contributed by atoms with Crippen LogP contribution in [0, 0.1) is 0 Å². The smallest absolute Gasteiger partial charge is 0.287 e. The Morgan fingerprint density at radius 2 is 2.00 bits per heavy atom. The van der Waals surface area contributed by atoms with Crippen LogP contribution < -0.4 is 0 Å². The van der Waals surface area contributed by atoms with Crippen molar-refractivity contribution < 1.29 is 18.0 Å². The first-order valence-electron chi connectivity index (χ1n) is 4.06. The van der Waals surface area contributed by atoms with Crippen molar-refractivity contribution in [2.24, 2.45) is 0 Å². The van der Waals surface area contributed by atoms with Gasteiger partial charge in [0.15, 0.2) is 0 Å². The van der Waals surface area contributed by atoms with Gasteiger partial charge in [0.25, 0.3) is 0 Å². The van der Waals surface area contributed by atoms with E-state index in [0.29, 0.717) is 6.20 Å². The second-order valence-corrected chi connectivity index (χ2v) is 3.04. The zero-order valence-electron chi connectivity index (χ0n) is 7.93. The van der Waals surface area contributed by atoms with Gasteiger partial charge in [-0.2, -0.15) is 13.2 Å². The van der Waals surface area contributed by atoms with E-state index < -0.39 is 17.5 Å². The molecule has 1 aromatic rings. The van der Waals surface area contributed by atoms with E-state index in [2.05, 4.69) is 11.6 Å². The highest BCUT2D eigenvalue weighted by Crippen LogP contribution is 2.28. The van der Waals surface area contributed by atoms with E-state index in [9.17, 15) is 18.0 Å². The number of carbonyl (C=O) groups is 1. The Kier molecular flexibility index (Phi) is 2.93. The Hall–Kier alpha value is -1.65. The highest BCUT2D eigenvalue weighted by Gasteiger charge is 2.30. The molecule has 0 atom stereocenters. The lowest BCUT2D eigenvalue weighted by atomic mass is 10.1. The van der Waals surface area contributed by atoms with Crippen LogP contribution in [0.5, 0.6) is 0 Å². The molecular weight excluding hydrogens is 207 g/mol. The van der Waals surface area contributed by atoms with Gasteiger partial charge in [-0.15, -0.1) is 0 Å². The minimum atomic E-state index is -4.43. The van der Waals surface area contributed by atoms with Gasteiger partial charge in [0, 0.05) is 6.20 Å². The molecule has 5 heteroatoms. The summed E-state index contributed by atoms with van der Waals surface area (Å²) in [6.07, 6.45) is -3.80. The van der Waals surface area contributed by atoms with E-state index >= 15 is 0 Å². The number of pyridine rings is 1. The third-order valence-corrected chi connectivity index (χ3v) is 1.71. The molecule has 0 bridgehead atoms. The molecule has 1 aromatic heterocycles. The molecule has 0 aliphatic heterocycles. The number of hydrogen-bond acceptors (Lipinski definition) is 2. The number of nitrogens with zero attached hydrogens (tertiary/aromatic N) is 1. The second-order valence-electron chi connectivity index (χ2n) is 3.04. The molecule has 0 aliphatic carbocycles. The summed E-state index contributed by atoms with van der Waals surface area (Å²) < 4.78 is 36.4. The van der Waals surface area contributed by atoms with Crippen LogP contribution in [0.1, 0.15) is 23.0 Å². The molecule has 0 radical (unpaired) electrons. The van der Waals surface area contributed by atoms with Crippen molar-refractivity contribution in [2.75, 3.05) is 0 Å². The lowest BCUT2D eigenvalue weighted by Crippen LogP contribution is -2.08. The summed E-state index contributed by atoms with van der Waals surface area (Å²) in [5.41, 5.74) is -0.668. The van der Waals surface area contributed by atoms with E-state index in [1.54, 1.807) is 0 Å². The minimum Gasteiger partial charge on any atom is -0.287 e. The number of hydrogen-bond donors (Lipinski definition) is 0. The molecule has 1 heterocycles. The molecule has 0 aliphatic rings. The summed E-state index contributed by atoms with van der Waals surface area (Å²) in [5.74, 6) is -0.455. The number of ketones is 1. The lowest BCUT2D eigenvalue weighted by molar-refractivity contribution is -0.137. The van der Waals surface area contributed by atoms with E-state index in [4.69, 9.17) is 0 Å². The Morgan fingerprint density at radius 3 is 2.33 bits per heavy atom. The molecule has 0 fully saturated rings. The van der Waals surface area contributed by atoms with Crippen molar-refractivity contribution in [3.8, 4) is 0 Å². The predicted octanol–water partition coefficient (Wildman–Crippen LogP) is 2.86. The fourth-order valence-electron chi connectivity index (χ4n) is 0.914. The Balaban J connectivity index is 3.01. The highest BCUT2D eigenvalue weighted by molar-refractivity contribution is 6.06. The van der Waals surface area contributed by atoms with Crippen molar-refractivity contribution in [1.82, 2.24) is 4.98 Å². The molecule has 0 N–H and O–H groups in total. The fourth-order valence-corrected chi connectivity index (χ4v) is 0.914. The minimum absolute atomic E-state index is 0.0319. The monoisotopic (exact) mass is 215 g/mol. The first kappa shape index (κ1) is 11.4. The van der Waals surface area contributed by atoms with E-state index in [1.165, 1.54) is 6.92 Å². The largest absolute Gasteiger partial charge is 0.417 e. The Morgan fingerprint density at radius 1 is 1.40 bits per heavy atom. The van der Waals surface area contributed by atoms with Gasteiger partial charge in [-0.05, 0) is 24.6 Å². The normalized spacial score (nSPS) is 11.2. The van der Waals surface area contributed by atoms with Crippen molar-refractivity contribution >= 4 is 5.78 Å². The number of allylic oxidation sites excluding steroid dienone is 1. The number of halogens is 3. The molecule has 0 amide bonds. The molecule has 80 valence electrons. The topological polar surface area (TPSA) is 30.0 Å². The van der Waals surface area contributed by atoms with Gasteiger partial charge in [-0.3, -0.25) is 9.78 Å². The molecule has 0 spiro atoms. The van der Waals surface area contributed by atoms with Crippen LogP contribution >= 0.6 is 0 Å². The summed E-state index contributed by atoms with van der Waals surface area (Å²) >= 11 is 0. The van der Waals surface area contributed by atoms with Gasteiger partial charge in [-0.25, -0.2) is 0 Å². The fraction of sp³-hybridized carbons (Fsp3) is 0.200. The van der Waals surface area contributed by atoms with Crippen LogP contribution in [0.4, 0.5) is 13.2 Å². The maximum absolute atomic E-state index is 12.1. The molecule has 2 nitrogen and oxygen atoms in total. The molecule has 15 heavy (non-hydrogen) atoms. The zero-order valence-corrected chi connectivity index (χ0v) is 7.93. The number of alkyl halides is 3. The second kappa shape index (κ2) is 3.84. The van der Waals surface area contributed by atoms with Gasteiger partial charge in [0.2, 0.25) is 5.78 Å². The van der Waals surface area contributed by atoms with E-state index in [1.807, 2.05) is 0 Å². The standard InChI is InChI=1S/C10H8F3NO/c1-6(2)9(15)8-4-3-7(5-14-8)10(11,12)13/h3-5H,1H2,2H3. The van der Waals surface area contributed by atoms with Gasteiger partial charge < -0.3 is 0 Å². The zero-order chi connectivity index (χ0) is 11.6. The average Bonchev–Trinajstić information content (AvgIpc) is 2.15. The molecule has 0 saturated heterocycles.